The predicted molar refractivity (Wildman–Crippen MR) is 147 cm³/mol. The van der Waals surface area contributed by atoms with Gasteiger partial charge in [-0.25, -0.2) is 9.50 Å². The zero-order chi connectivity index (χ0) is 28.0. The first-order valence-electron chi connectivity index (χ1n) is 11.9. The van der Waals surface area contributed by atoms with Crippen molar-refractivity contribution < 1.29 is 18.0 Å². The third kappa shape index (κ3) is 4.76. The van der Waals surface area contributed by atoms with Gasteiger partial charge in [0.1, 0.15) is 5.56 Å². The highest BCUT2D eigenvalue weighted by molar-refractivity contribution is 6.36. The van der Waals surface area contributed by atoms with Crippen LogP contribution in [0.1, 0.15) is 21.6 Å². The molecule has 0 saturated heterocycles. The summed E-state index contributed by atoms with van der Waals surface area (Å²) in [5, 5.41) is 13.3. The molecule has 1 N–H and O–H groups in total. The van der Waals surface area contributed by atoms with Crippen molar-refractivity contribution in [2.75, 3.05) is 5.32 Å². The van der Waals surface area contributed by atoms with Gasteiger partial charge in [-0.15, -0.1) is 0 Å². The van der Waals surface area contributed by atoms with Crippen molar-refractivity contribution in [1.29, 1.82) is 0 Å². The van der Waals surface area contributed by atoms with Crippen molar-refractivity contribution in [3.05, 3.63) is 112 Å². The molecule has 0 bridgehead atoms. The van der Waals surface area contributed by atoms with Crippen LogP contribution in [0.2, 0.25) is 10.0 Å². The van der Waals surface area contributed by atoms with E-state index in [1.807, 2.05) is 18.2 Å². The number of hydrogen-bond donors (Lipinski definition) is 1. The van der Waals surface area contributed by atoms with Gasteiger partial charge in [0.15, 0.2) is 17.2 Å². The first-order chi connectivity index (χ1) is 19.2. The number of halogens is 5. The molecule has 0 aliphatic carbocycles. The summed E-state index contributed by atoms with van der Waals surface area (Å²) < 4.78 is 44.5. The SMILES string of the molecule is O=C(Nc1ccn(Cc2c(Cl)cccc2Cl)n1)c1cnn2c(C(F)(F)F)cc(-c3cccc4ccccc34)nc12. The summed E-state index contributed by atoms with van der Waals surface area (Å²) in [5.41, 5.74) is -0.226. The lowest BCUT2D eigenvalue weighted by molar-refractivity contribution is -0.142. The lowest BCUT2D eigenvalue weighted by atomic mass is 10.0. The number of alkyl halides is 3. The molecular formula is C28H17Cl2F3N6O. The number of nitrogens with one attached hydrogen (secondary N) is 1. The van der Waals surface area contributed by atoms with Crippen molar-refractivity contribution in [2.45, 2.75) is 12.7 Å². The molecule has 12 heteroatoms. The van der Waals surface area contributed by atoms with Gasteiger partial charge in [0, 0.05) is 33.4 Å². The maximum absolute atomic E-state index is 14.1. The van der Waals surface area contributed by atoms with E-state index in [1.165, 1.54) is 4.68 Å². The van der Waals surface area contributed by atoms with Crippen LogP contribution < -0.4 is 5.32 Å². The fourth-order valence-electron chi connectivity index (χ4n) is 4.46. The Bertz CT molecular complexity index is 1890. The minimum Gasteiger partial charge on any atom is -0.305 e. The number of benzene rings is 3. The number of fused-ring (bicyclic) bond motifs is 2. The molecule has 6 rings (SSSR count). The van der Waals surface area contributed by atoms with Gasteiger partial charge < -0.3 is 5.32 Å². The van der Waals surface area contributed by atoms with Gasteiger partial charge in [0.05, 0.1) is 18.4 Å². The van der Waals surface area contributed by atoms with Crippen LogP contribution >= 0.6 is 23.2 Å². The smallest absolute Gasteiger partial charge is 0.305 e. The Labute approximate surface area is 234 Å². The lowest BCUT2D eigenvalue weighted by Crippen LogP contribution is -2.16. The highest BCUT2D eigenvalue weighted by Crippen LogP contribution is 2.35. The molecule has 200 valence electrons. The summed E-state index contributed by atoms with van der Waals surface area (Å²) in [4.78, 5) is 17.7. The topological polar surface area (TPSA) is 77.1 Å². The summed E-state index contributed by atoms with van der Waals surface area (Å²) in [6, 6.07) is 20.2. The molecule has 3 aromatic carbocycles. The van der Waals surface area contributed by atoms with Crippen LogP contribution in [-0.4, -0.2) is 30.3 Å². The maximum atomic E-state index is 14.1. The number of amides is 1. The predicted octanol–water partition coefficient (Wildman–Crippen LogP) is 7.37. The molecule has 0 saturated carbocycles. The Kier molecular flexibility index (Phi) is 6.44. The zero-order valence-corrected chi connectivity index (χ0v) is 21.8. The Balaban J connectivity index is 1.37. The van der Waals surface area contributed by atoms with Crippen molar-refractivity contribution in [2.24, 2.45) is 0 Å². The van der Waals surface area contributed by atoms with E-state index in [-0.39, 0.29) is 29.3 Å². The number of anilines is 1. The molecule has 0 radical (unpaired) electrons. The highest BCUT2D eigenvalue weighted by Gasteiger charge is 2.36. The van der Waals surface area contributed by atoms with Gasteiger partial charge in [-0.3, -0.25) is 9.48 Å². The minimum absolute atomic E-state index is 0.0621. The number of carbonyl (C=O) groups is 1. The molecule has 6 aromatic rings. The maximum Gasteiger partial charge on any atom is 0.433 e. The van der Waals surface area contributed by atoms with Crippen LogP contribution in [0.25, 0.3) is 27.7 Å². The minimum atomic E-state index is -4.75. The molecule has 3 aromatic heterocycles. The average Bonchev–Trinajstić information content (AvgIpc) is 3.56. The Morgan fingerprint density at radius 2 is 1.68 bits per heavy atom. The highest BCUT2D eigenvalue weighted by atomic mass is 35.5. The van der Waals surface area contributed by atoms with Crippen molar-refractivity contribution >= 4 is 51.3 Å². The van der Waals surface area contributed by atoms with Gasteiger partial charge in [-0.1, -0.05) is 71.7 Å². The van der Waals surface area contributed by atoms with Crippen LogP contribution in [-0.2, 0) is 12.7 Å². The van der Waals surface area contributed by atoms with E-state index < -0.39 is 17.8 Å². The second-order valence-corrected chi connectivity index (χ2v) is 9.71. The first kappa shape index (κ1) is 25.8. The van der Waals surface area contributed by atoms with E-state index in [0.29, 0.717) is 25.7 Å². The van der Waals surface area contributed by atoms with Crippen molar-refractivity contribution in [3.8, 4) is 11.3 Å². The second-order valence-electron chi connectivity index (χ2n) is 8.90. The van der Waals surface area contributed by atoms with E-state index >= 15 is 0 Å². The van der Waals surface area contributed by atoms with E-state index in [4.69, 9.17) is 23.2 Å². The van der Waals surface area contributed by atoms with Crippen molar-refractivity contribution in [1.82, 2.24) is 24.4 Å². The molecular weight excluding hydrogens is 564 g/mol. The normalized spacial score (nSPS) is 11.8. The number of carbonyl (C=O) groups excluding carboxylic acids is 1. The van der Waals surface area contributed by atoms with Crippen LogP contribution in [0.5, 0.6) is 0 Å². The molecule has 40 heavy (non-hydrogen) atoms. The van der Waals surface area contributed by atoms with Crippen LogP contribution in [0.4, 0.5) is 19.0 Å². The molecule has 0 aliphatic heterocycles. The molecule has 7 nitrogen and oxygen atoms in total. The van der Waals surface area contributed by atoms with Crippen LogP contribution in [0, 0.1) is 0 Å². The monoisotopic (exact) mass is 580 g/mol. The van der Waals surface area contributed by atoms with E-state index in [1.54, 1.807) is 54.7 Å². The fourth-order valence-corrected chi connectivity index (χ4v) is 4.97. The summed E-state index contributed by atoms with van der Waals surface area (Å²) in [7, 11) is 0. The van der Waals surface area contributed by atoms with Crippen LogP contribution in [0.3, 0.4) is 0 Å². The Morgan fingerprint density at radius 1 is 0.950 bits per heavy atom. The summed E-state index contributed by atoms with van der Waals surface area (Å²) >= 11 is 12.5. The number of hydrogen-bond acceptors (Lipinski definition) is 4. The summed E-state index contributed by atoms with van der Waals surface area (Å²) in [6.07, 6.45) is -2.08. The molecule has 3 heterocycles. The summed E-state index contributed by atoms with van der Waals surface area (Å²) in [6.45, 7) is 0.246. The number of nitrogens with zero attached hydrogens (tertiary/aromatic N) is 5. The molecule has 0 atom stereocenters. The number of aromatic nitrogens is 5. The molecule has 0 spiro atoms. The standard InChI is InChI=1S/C28H17Cl2F3N6O/c29-21-9-4-10-22(30)20(21)15-38-12-11-25(37-38)36-27(40)19-14-34-39-24(28(31,32)33)13-23(35-26(19)39)18-8-3-6-16-5-1-2-7-17(16)18/h1-14H,15H2,(H,36,37,40). The lowest BCUT2D eigenvalue weighted by Gasteiger charge is -2.13. The average molecular weight is 581 g/mol. The van der Waals surface area contributed by atoms with Gasteiger partial charge in [-0.2, -0.15) is 23.4 Å². The van der Waals surface area contributed by atoms with Crippen LogP contribution in [0.15, 0.2) is 85.2 Å². The van der Waals surface area contributed by atoms with Crippen molar-refractivity contribution in [3.63, 3.8) is 0 Å². The zero-order valence-electron chi connectivity index (χ0n) is 20.3. The summed E-state index contributed by atoms with van der Waals surface area (Å²) in [5.74, 6) is -0.541. The Hall–Kier alpha value is -4.41. The van der Waals surface area contributed by atoms with Gasteiger partial charge >= 0.3 is 6.18 Å². The molecule has 0 aliphatic rings. The fraction of sp³-hybridized carbons (Fsp3) is 0.0714. The van der Waals surface area contributed by atoms with E-state index in [2.05, 4.69) is 20.5 Å². The third-order valence-electron chi connectivity index (χ3n) is 6.34. The number of rotatable bonds is 5. The largest absolute Gasteiger partial charge is 0.433 e. The molecule has 1 amide bonds. The first-order valence-corrected chi connectivity index (χ1v) is 12.7. The third-order valence-corrected chi connectivity index (χ3v) is 7.04. The molecule has 0 fully saturated rings. The van der Waals surface area contributed by atoms with E-state index in [9.17, 15) is 18.0 Å². The second kappa shape index (κ2) is 9.96. The van der Waals surface area contributed by atoms with Gasteiger partial charge in [-0.05, 0) is 29.0 Å². The van der Waals surface area contributed by atoms with E-state index in [0.717, 1.165) is 23.0 Å². The Morgan fingerprint density at radius 3 is 2.45 bits per heavy atom. The van der Waals surface area contributed by atoms with Gasteiger partial charge in [0.25, 0.3) is 5.91 Å². The van der Waals surface area contributed by atoms with Gasteiger partial charge in [0.2, 0.25) is 0 Å². The quantitative estimate of drug-likeness (QED) is 0.231. The molecule has 0 unspecified atom stereocenters.